The Morgan fingerprint density at radius 1 is 1.27 bits per heavy atom. The number of amides is 1. The average Bonchev–Trinajstić information content (AvgIpc) is 3.36. The first-order valence-corrected chi connectivity index (χ1v) is 12.5. The van der Waals surface area contributed by atoms with Gasteiger partial charge >= 0.3 is 196 Å². The fourth-order valence-corrected chi connectivity index (χ4v) is 7.26. The second kappa shape index (κ2) is 9.65. The topological polar surface area (TPSA) is 59.7 Å². The van der Waals surface area contributed by atoms with E-state index in [-0.39, 0.29) is 30.4 Å². The zero-order valence-electron chi connectivity index (χ0n) is 17.3. The summed E-state index contributed by atoms with van der Waals surface area (Å²) in [6, 6.07) is 8.89. The zero-order chi connectivity index (χ0) is 23.8. The van der Waals surface area contributed by atoms with Crippen LogP contribution in [0.3, 0.4) is 0 Å². The Morgan fingerprint density at radius 2 is 2.00 bits per heavy atom. The second-order valence-corrected chi connectivity index (χ2v) is 11.1. The van der Waals surface area contributed by atoms with Gasteiger partial charge in [0, 0.05) is 0 Å². The molecular formula is C20H19F5N4O2SSe. The molecule has 0 saturated carbocycles. The summed E-state index contributed by atoms with van der Waals surface area (Å²) >= 11 is 0.543. The third-order valence-corrected chi connectivity index (χ3v) is 8.91. The predicted molar refractivity (Wildman–Crippen MR) is 112 cm³/mol. The summed E-state index contributed by atoms with van der Waals surface area (Å²) < 4.78 is 74.1. The van der Waals surface area contributed by atoms with Crippen LogP contribution in [0.1, 0.15) is 29.2 Å². The third kappa shape index (κ3) is 5.37. The fourth-order valence-electron chi connectivity index (χ4n) is 3.78. The van der Waals surface area contributed by atoms with Crippen molar-refractivity contribution in [2.45, 2.75) is 37.0 Å². The average molecular weight is 553 g/mol. The summed E-state index contributed by atoms with van der Waals surface area (Å²) in [5.41, 5.74) is -0.513. The van der Waals surface area contributed by atoms with E-state index < -0.39 is 56.3 Å². The molecule has 178 valence electrons. The van der Waals surface area contributed by atoms with E-state index in [1.807, 2.05) is 0 Å². The molecule has 4 rings (SSSR count). The van der Waals surface area contributed by atoms with Gasteiger partial charge in [-0.2, -0.15) is 0 Å². The zero-order valence-corrected chi connectivity index (χ0v) is 19.8. The van der Waals surface area contributed by atoms with Crippen molar-refractivity contribution in [3.05, 3.63) is 46.7 Å². The number of hydrogen-bond donors (Lipinski definition) is 0. The summed E-state index contributed by atoms with van der Waals surface area (Å²) in [5, 5.41) is 4.75. The minimum atomic E-state index is -4.44. The van der Waals surface area contributed by atoms with Gasteiger partial charge in [-0.3, -0.25) is 0 Å². The molecular weight excluding hydrogens is 534 g/mol. The quantitative estimate of drug-likeness (QED) is 0.316. The summed E-state index contributed by atoms with van der Waals surface area (Å²) in [6.45, 7) is -0.288. The van der Waals surface area contributed by atoms with Gasteiger partial charge in [0.15, 0.2) is 0 Å². The number of likely N-dealkylation sites (tertiary alicyclic amines) is 1. The number of fused-ring (bicyclic) bond motifs is 1. The standard InChI is InChI=1S/C20H19F5N4O2SSe/c1-31-10-14-27-29-13(15(17(21)22)26-19(29)32-14)9-28-8-11(7-20(23,24)25)16(18(28)30)33-12-5-3-2-4-6-12/h2-6,11,16-17H,7-10H2,1H3. The number of rotatable bonds is 8. The number of imidazole rings is 1. The molecule has 0 bridgehead atoms. The van der Waals surface area contributed by atoms with Crippen LogP contribution < -0.4 is 4.46 Å². The SMILES string of the molecule is COCc1nn2c(CN3CC(CC(F)(F)F)C([Se]c4ccccc4)C3=O)c(C(F)F)nc2s1. The Bertz CT molecular complexity index is 1120. The summed E-state index contributed by atoms with van der Waals surface area (Å²) in [7, 11) is 1.47. The molecule has 0 N–H and O–H groups in total. The molecule has 3 aromatic rings. The fraction of sp³-hybridized carbons (Fsp3) is 0.450. The van der Waals surface area contributed by atoms with Gasteiger partial charge in [0.25, 0.3) is 0 Å². The molecule has 0 radical (unpaired) electrons. The molecule has 3 heterocycles. The first-order chi connectivity index (χ1) is 15.7. The number of carbonyl (C=O) groups is 1. The number of ether oxygens (including phenoxy) is 1. The monoisotopic (exact) mass is 554 g/mol. The minimum absolute atomic E-state index is 0.00516. The van der Waals surface area contributed by atoms with E-state index in [0.29, 0.717) is 5.01 Å². The van der Waals surface area contributed by atoms with Crippen molar-refractivity contribution in [3.8, 4) is 0 Å². The molecule has 33 heavy (non-hydrogen) atoms. The van der Waals surface area contributed by atoms with Crippen LogP contribution in [0, 0.1) is 5.92 Å². The van der Waals surface area contributed by atoms with Gasteiger partial charge in [-0.25, -0.2) is 0 Å². The molecule has 1 amide bonds. The molecule has 1 saturated heterocycles. The number of halogens is 5. The molecule has 1 aromatic carbocycles. The van der Waals surface area contributed by atoms with Crippen LogP contribution in [0.15, 0.2) is 30.3 Å². The normalized spacial score (nSPS) is 19.4. The second-order valence-electron chi connectivity index (χ2n) is 7.52. The molecule has 1 aliphatic heterocycles. The number of carbonyl (C=O) groups excluding carboxylic acids is 1. The third-order valence-electron chi connectivity index (χ3n) is 5.12. The Balaban J connectivity index is 1.64. The summed E-state index contributed by atoms with van der Waals surface area (Å²) in [5.74, 6) is -1.41. The number of aromatic nitrogens is 3. The molecule has 0 aliphatic carbocycles. The van der Waals surface area contributed by atoms with Gasteiger partial charge in [0.1, 0.15) is 0 Å². The van der Waals surface area contributed by atoms with Crippen LogP contribution in [-0.4, -0.2) is 60.2 Å². The van der Waals surface area contributed by atoms with Crippen LogP contribution in [0.2, 0.25) is 4.82 Å². The Kier molecular flexibility index (Phi) is 7.04. The molecule has 0 spiro atoms. The van der Waals surface area contributed by atoms with Crippen molar-refractivity contribution >= 4 is 41.6 Å². The van der Waals surface area contributed by atoms with E-state index in [4.69, 9.17) is 4.74 Å². The van der Waals surface area contributed by atoms with Gasteiger partial charge in [-0.15, -0.1) is 0 Å². The molecule has 2 unspecified atom stereocenters. The van der Waals surface area contributed by atoms with Crippen LogP contribution in [0.4, 0.5) is 22.0 Å². The van der Waals surface area contributed by atoms with E-state index in [1.54, 1.807) is 30.3 Å². The van der Waals surface area contributed by atoms with E-state index >= 15 is 0 Å². The number of methoxy groups -OCH3 is 1. The van der Waals surface area contributed by atoms with Gasteiger partial charge in [0.2, 0.25) is 0 Å². The van der Waals surface area contributed by atoms with Gasteiger partial charge in [0.05, 0.1) is 0 Å². The maximum atomic E-state index is 13.7. The number of benzene rings is 1. The Labute approximate surface area is 195 Å². The summed E-state index contributed by atoms with van der Waals surface area (Å²) in [4.78, 5) is 17.7. The first-order valence-electron chi connectivity index (χ1n) is 9.88. The first kappa shape index (κ1) is 24.1. The van der Waals surface area contributed by atoms with Gasteiger partial charge in [-0.1, -0.05) is 0 Å². The van der Waals surface area contributed by atoms with Gasteiger partial charge in [-0.05, 0) is 0 Å². The van der Waals surface area contributed by atoms with Gasteiger partial charge < -0.3 is 0 Å². The molecule has 13 heteroatoms. The Morgan fingerprint density at radius 3 is 2.64 bits per heavy atom. The molecule has 6 nitrogen and oxygen atoms in total. The van der Waals surface area contributed by atoms with Crippen molar-refractivity contribution in [3.63, 3.8) is 0 Å². The Hall–Kier alpha value is -2.08. The van der Waals surface area contributed by atoms with E-state index in [2.05, 4.69) is 10.1 Å². The molecule has 1 fully saturated rings. The molecule has 1 aliphatic rings. The van der Waals surface area contributed by atoms with Crippen molar-refractivity contribution in [2.75, 3.05) is 13.7 Å². The molecule has 2 atom stereocenters. The van der Waals surface area contributed by atoms with E-state index in [1.165, 1.54) is 16.5 Å². The number of alkyl halides is 5. The maximum absolute atomic E-state index is 13.7. The predicted octanol–water partition coefficient (Wildman–Crippen LogP) is 3.60. The van der Waals surface area contributed by atoms with Crippen LogP contribution in [-0.2, 0) is 22.7 Å². The van der Waals surface area contributed by atoms with E-state index in [9.17, 15) is 26.7 Å². The van der Waals surface area contributed by atoms with Crippen LogP contribution in [0.5, 0.6) is 0 Å². The number of nitrogens with zero attached hydrogens (tertiary/aromatic N) is 4. The van der Waals surface area contributed by atoms with E-state index in [0.717, 1.165) is 15.8 Å². The number of hydrogen-bond acceptors (Lipinski definition) is 5. The summed E-state index contributed by atoms with van der Waals surface area (Å²) in [6.07, 6.45) is -8.45. The van der Waals surface area contributed by atoms with Crippen molar-refractivity contribution in [2.24, 2.45) is 5.92 Å². The van der Waals surface area contributed by atoms with Crippen molar-refractivity contribution in [1.82, 2.24) is 19.5 Å². The van der Waals surface area contributed by atoms with Crippen molar-refractivity contribution < 1.29 is 31.5 Å². The van der Waals surface area contributed by atoms with Crippen molar-refractivity contribution in [1.29, 1.82) is 0 Å². The molecule has 2 aromatic heterocycles. The van der Waals surface area contributed by atoms with Crippen LogP contribution in [0.25, 0.3) is 4.96 Å². The van der Waals surface area contributed by atoms with Crippen LogP contribution >= 0.6 is 11.3 Å².